The molecule has 0 N–H and O–H groups in total. The average molecular weight is 376 g/mol. The maximum Gasteiger partial charge on any atom is 0.373 e. The van der Waals surface area contributed by atoms with Crippen LogP contribution in [0.3, 0.4) is 0 Å². The topological polar surface area (TPSA) is 74.3 Å². The van der Waals surface area contributed by atoms with Crippen molar-refractivity contribution >= 4 is 39.3 Å². The second-order valence-corrected chi connectivity index (χ2v) is 7.87. The number of ether oxygens (including phenoxy) is 1. The lowest BCUT2D eigenvalue weighted by Gasteiger charge is -2.06. The Labute approximate surface area is 151 Å². The highest BCUT2D eigenvalue weighted by Crippen LogP contribution is 2.35. The molecule has 0 aromatic carbocycles. The molecule has 3 aromatic heterocycles. The van der Waals surface area contributed by atoms with Gasteiger partial charge < -0.3 is 9.15 Å². The summed E-state index contributed by atoms with van der Waals surface area (Å²) >= 11 is 3.05. The van der Waals surface area contributed by atoms with Crippen molar-refractivity contribution in [3.63, 3.8) is 0 Å². The van der Waals surface area contributed by atoms with E-state index in [0.717, 1.165) is 29.5 Å². The molecular weight excluding hydrogens is 360 g/mol. The molecule has 8 heteroatoms. The van der Waals surface area contributed by atoms with Gasteiger partial charge in [0, 0.05) is 11.9 Å². The maximum absolute atomic E-state index is 12.7. The van der Waals surface area contributed by atoms with Crippen LogP contribution in [0.15, 0.2) is 26.5 Å². The van der Waals surface area contributed by atoms with E-state index in [9.17, 15) is 9.59 Å². The molecule has 0 radical (unpaired) electrons. The molecule has 25 heavy (non-hydrogen) atoms. The zero-order chi connectivity index (χ0) is 17.6. The number of thiophene rings is 1. The third-order valence-electron chi connectivity index (χ3n) is 4.30. The van der Waals surface area contributed by atoms with Crippen molar-refractivity contribution < 1.29 is 13.9 Å². The molecule has 3 heterocycles. The standard InChI is InChI=1S/C17H16N2O4S2/c1-19-15(20)13-10-4-3-5-12(10)25-14(13)18-17(19)24-8-9-6-7-11(23-9)16(21)22-2/h6-7H,3-5,8H2,1-2H3. The number of esters is 1. The van der Waals surface area contributed by atoms with Crippen LogP contribution >= 0.6 is 23.1 Å². The van der Waals surface area contributed by atoms with E-state index in [1.165, 1.54) is 29.3 Å². The quantitative estimate of drug-likeness (QED) is 0.396. The van der Waals surface area contributed by atoms with Gasteiger partial charge in [-0.1, -0.05) is 11.8 Å². The van der Waals surface area contributed by atoms with Crippen molar-refractivity contribution in [2.45, 2.75) is 30.2 Å². The van der Waals surface area contributed by atoms with Crippen LogP contribution in [0.1, 0.15) is 33.2 Å². The van der Waals surface area contributed by atoms with Crippen LogP contribution in [0.25, 0.3) is 10.2 Å². The molecule has 0 fully saturated rings. The van der Waals surface area contributed by atoms with Crippen molar-refractivity contribution in [2.24, 2.45) is 7.05 Å². The Morgan fingerprint density at radius 1 is 1.44 bits per heavy atom. The minimum Gasteiger partial charge on any atom is -0.463 e. The lowest BCUT2D eigenvalue weighted by atomic mass is 10.2. The highest BCUT2D eigenvalue weighted by molar-refractivity contribution is 7.98. The lowest BCUT2D eigenvalue weighted by Crippen LogP contribution is -2.20. The smallest absolute Gasteiger partial charge is 0.373 e. The minimum atomic E-state index is -0.503. The first-order valence-electron chi connectivity index (χ1n) is 7.89. The monoisotopic (exact) mass is 376 g/mol. The molecule has 0 amide bonds. The molecule has 0 unspecified atom stereocenters. The van der Waals surface area contributed by atoms with Gasteiger partial charge in [-0.2, -0.15) is 0 Å². The van der Waals surface area contributed by atoms with Crippen LogP contribution in [-0.2, 0) is 30.4 Å². The fourth-order valence-corrected chi connectivity index (χ4v) is 5.20. The number of aromatic nitrogens is 2. The first-order valence-corrected chi connectivity index (χ1v) is 9.69. The number of thioether (sulfide) groups is 1. The van der Waals surface area contributed by atoms with E-state index in [2.05, 4.69) is 9.72 Å². The molecule has 0 aliphatic heterocycles. The summed E-state index contributed by atoms with van der Waals surface area (Å²) in [7, 11) is 3.06. The van der Waals surface area contributed by atoms with Gasteiger partial charge in [-0.25, -0.2) is 9.78 Å². The number of hydrogen-bond donors (Lipinski definition) is 0. The molecule has 4 rings (SSSR count). The number of aryl methyl sites for hydroxylation is 2. The van der Waals surface area contributed by atoms with Gasteiger partial charge >= 0.3 is 5.97 Å². The van der Waals surface area contributed by atoms with Crippen LogP contribution in [0.5, 0.6) is 0 Å². The van der Waals surface area contributed by atoms with Crippen molar-refractivity contribution in [1.29, 1.82) is 0 Å². The van der Waals surface area contributed by atoms with Crippen LogP contribution in [-0.4, -0.2) is 22.6 Å². The summed E-state index contributed by atoms with van der Waals surface area (Å²) in [5.41, 5.74) is 1.21. The van der Waals surface area contributed by atoms with Gasteiger partial charge in [0.25, 0.3) is 5.56 Å². The Morgan fingerprint density at radius 2 is 2.28 bits per heavy atom. The number of methoxy groups -OCH3 is 1. The molecule has 1 aliphatic carbocycles. The first kappa shape index (κ1) is 16.4. The SMILES string of the molecule is COC(=O)c1ccc(CSc2nc3sc4c(c3c(=O)n2C)CCC4)o1. The molecule has 0 saturated heterocycles. The van der Waals surface area contributed by atoms with Gasteiger partial charge in [0.05, 0.1) is 18.2 Å². The molecule has 6 nitrogen and oxygen atoms in total. The lowest BCUT2D eigenvalue weighted by molar-refractivity contribution is 0.0563. The summed E-state index contributed by atoms with van der Waals surface area (Å²) in [6.45, 7) is 0. The van der Waals surface area contributed by atoms with Gasteiger partial charge in [0.15, 0.2) is 5.16 Å². The second-order valence-electron chi connectivity index (χ2n) is 5.84. The number of carbonyl (C=O) groups excluding carboxylic acids is 1. The van der Waals surface area contributed by atoms with Crippen molar-refractivity contribution in [1.82, 2.24) is 9.55 Å². The zero-order valence-electron chi connectivity index (χ0n) is 13.8. The number of nitrogens with zero attached hydrogens (tertiary/aromatic N) is 2. The van der Waals surface area contributed by atoms with Gasteiger partial charge in [0.2, 0.25) is 5.76 Å². The molecule has 1 aliphatic rings. The summed E-state index contributed by atoms with van der Waals surface area (Å²) in [6.07, 6.45) is 3.14. The van der Waals surface area contributed by atoms with E-state index < -0.39 is 5.97 Å². The van der Waals surface area contributed by atoms with Crippen LogP contribution in [0, 0.1) is 0 Å². The fourth-order valence-electron chi connectivity index (χ4n) is 3.04. The summed E-state index contributed by atoms with van der Waals surface area (Å²) in [4.78, 5) is 31.0. The Balaban J connectivity index is 1.62. The number of carbonyl (C=O) groups is 1. The highest BCUT2D eigenvalue weighted by atomic mass is 32.2. The van der Waals surface area contributed by atoms with Gasteiger partial charge in [-0.3, -0.25) is 9.36 Å². The number of rotatable bonds is 4. The zero-order valence-corrected chi connectivity index (χ0v) is 15.5. The number of fused-ring (bicyclic) bond motifs is 3. The van der Waals surface area contributed by atoms with Crippen molar-refractivity contribution in [3.8, 4) is 0 Å². The van der Waals surface area contributed by atoms with Crippen LogP contribution < -0.4 is 5.56 Å². The minimum absolute atomic E-state index is 0.0154. The number of hydrogen-bond acceptors (Lipinski definition) is 7. The van der Waals surface area contributed by atoms with E-state index in [4.69, 9.17) is 4.42 Å². The van der Waals surface area contributed by atoms with E-state index in [0.29, 0.717) is 16.7 Å². The normalized spacial score (nSPS) is 13.4. The van der Waals surface area contributed by atoms with E-state index in [1.807, 2.05) is 0 Å². The molecule has 0 bridgehead atoms. The average Bonchev–Trinajstić information content (AvgIpc) is 3.31. The predicted molar refractivity (Wildman–Crippen MR) is 96.5 cm³/mol. The third-order valence-corrected chi connectivity index (χ3v) is 6.53. The van der Waals surface area contributed by atoms with Crippen LogP contribution in [0.4, 0.5) is 0 Å². The molecule has 130 valence electrons. The Hall–Kier alpha value is -2.06. The van der Waals surface area contributed by atoms with E-state index in [1.54, 1.807) is 35.1 Å². The third kappa shape index (κ3) is 2.79. The summed E-state index contributed by atoms with van der Waals surface area (Å²) < 4.78 is 11.7. The largest absolute Gasteiger partial charge is 0.463 e. The summed E-state index contributed by atoms with van der Waals surface area (Å²) in [5, 5.41) is 1.43. The Morgan fingerprint density at radius 3 is 3.08 bits per heavy atom. The molecule has 3 aromatic rings. The fraction of sp³-hybridized carbons (Fsp3) is 0.353. The van der Waals surface area contributed by atoms with E-state index >= 15 is 0 Å². The van der Waals surface area contributed by atoms with Crippen LogP contribution in [0.2, 0.25) is 0 Å². The molecule has 0 atom stereocenters. The predicted octanol–water partition coefficient (Wildman–Crippen LogP) is 3.16. The van der Waals surface area contributed by atoms with E-state index in [-0.39, 0.29) is 11.3 Å². The summed E-state index contributed by atoms with van der Waals surface area (Å²) in [5.74, 6) is 0.781. The van der Waals surface area contributed by atoms with Crippen molar-refractivity contribution in [2.75, 3.05) is 7.11 Å². The Kier molecular flexibility index (Phi) is 4.16. The van der Waals surface area contributed by atoms with Gasteiger partial charge in [-0.05, 0) is 37.0 Å². The maximum atomic E-state index is 12.7. The highest BCUT2D eigenvalue weighted by Gasteiger charge is 2.22. The molecule has 0 saturated carbocycles. The van der Waals surface area contributed by atoms with Gasteiger partial charge in [-0.15, -0.1) is 11.3 Å². The van der Waals surface area contributed by atoms with Crippen molar-refractivity contribution in [3.05, 3.63) is 44.4 Å². The Bertz CT molecular complexity index is 1030. The second kappa shape index (κ2) is 6.34. The molecular formula is C17H16N2O4S2. The molecule has 0 spiro atoms. The summed E-state index contributed by atoms with van der Waals surface area (Å²) in [6, 6.07) is 3.32. The van der Waals surface area contributed by atoms with Gasteiger partial charge in [0.1, 0.15) is 10.6 Å². The first-order chi connectivity index (χ1) is 12.1. The number of furan rings is 1.